The van der Waals surface area contributed by atoms with Gasteiger partial charge in [-0.05, 0) is 24.5 Å². The zero-order valence-electron chi connectivity index (χ0n) is 14.0. The van der Waals surface area contributed by atoms with Gasteiger partial charge >= 0.3 is 12.0 Å². The first-order valence-electron chi connectivity index (χ1n) is 8.00. The van der Waals surface area contributed by atoms with Gasteiger partial charge in [-0.25, -0.2) is 4.79 Å². The second kappa shape index (κ2) is 7.81. The number of aliphatic carboxylic acids is 1. The smallest absolute Gasteiger partial charge is 0.317 e. The molecule has 1 aromatic carbocycles. The molecule has 130 valence electrons. The minimum Gasteiger partial charge on any atom is -0.481 e. The highest BCUT2D eigenvalue weighted by molar-refractivity contribution is 5.97. The van der Waals surface area contributed by atoms with Crippen LogP contribution in [0.5, 0.6) is 0 Å². The predicted octanol–water partition coefficient (Wildman–Crippen LogP) is 1.33. The molecule has 0 bridgehead atoms. The molecule has 0 aromatic heterocycles. The number of anilines is 1. The van der Waals surface area contributed by atoms with Gasteiger partial charge in [0.25, 0.3) is 0 Å². The monoisotopic (exact) mass is 333 g/mol. The lowest BCUT2D eigenvalue weighted by Gasteiger charge is -2.30. The first-order valence-corrected chi connectivity index (χ1v) is 8.00. The molecule has 0 saturated carbocycles. The fourth-order valence-electron chi connectivity index (χ4n) is 2.75. The molecule has 0 aliphatic carbocycles. The van der Waals surface area contributed by atoms with Gasteiger partial charge in [0.15, 0.2) is 0 Å². The fraction of sp³-hybridized carbons (Fsp3) is 0.471. The quantitative estimate of drug-likeness (QED) is 0.850. The van der Waals surface area contributed by atoms with Crippen LogP contribution in [0.15, 0.2) is 24.3 Å². The first kappa shape index (κ1) is 17.8. The summed E-state index contributed by atoms with van der Waals surface area (Å²) in [5.74, 6) is -1.80. The molecular formula is C17H23N3O4. The van der Waals surface area contributed by atoms with Crippen LogP contribution in [0.2, 0.25) is 0 Å². The van der Waals surface area contributed by atoms with Crippen LogP contribution in [0, 0.1) is 5.92 Å². The summed E-state index contributed by atoms with van der Waals surface area (Å²) < 4.78 is 0. The normalized spacial score (nSPS) is 14.5. The summed E-state index contributed by atoms with van der Waals surface area (Å²) in [5.41, 5.74) is 2.03. The number of nitrogens with zero attached hydrogens (tertiary/aromatic N) is 2. The third-order valence-electron chi connectivity index (χ3n) is 4.12. The summed E-state index contributed by atoms with van der Waals surface area (Å²) in [4.78, 5) is 38.2. The Balaban J connectivity index is 1.90. The van der Waals surface area contributed by atoms with Crippen LogP contribution in [0.4, 0.5) is 10.5 Å². The molecule has 1 heterocycles. The van der Waals surface area contributed by atoms with Gasteiger partial charge in [-0.15, -0.1) is 0 Å². The van der Waals surface area contributed by atoms with Crippen molar-refractivity contribution in [2.75, 3.05) is 31.6 Å². The number of benzene rings is 1. The van der Waals surface area contributed by atoms with Crippen molar-refractivity contribution in [1.29, 1.82) is 0 Å². The average molecular weight is 333 g/mol. The molecule has 2 N–H and O–H groups in total. The van der Waals surface area contributed by atoms with Crippen molar-refractivity contribution in [2.45, 2.75) is 19.8 Å². The second-order valence-electron chi connectivity index (χ2n) is 6.06. The van der Waals surface area contributed by atoms with E-state index >= 15 is 0 Å². The summed E-state index contributed by atoms with van der Waals surface area (Å²) in [6.45, 7) is 2.14. The second-order valence-corrected chi connectivity index (χ2v) is 6.06. The minimum atomic E-state index is -0.962. The Morgan fingerprint density at radius 2 is 2.04 bits per heavy atom. The van der Waals surface area contributed by atoms with Crippen molar-refractivity contribution in [2.24, 2.45) is 5.92 Å². The number of carbonyl (C=O) groups excluding carboxylic acids is 2. The van der Waals surface area contributed by atoms with E-state index in [2.05, 4.69) is 5.32 Å². The van der Waals surface area contributed by atoms with Gasteiger partial charge in [0.2, 0.25) is 5.91 Å². The van der Waals surface area contributed by atoms with E-state index in [1.165, 1.54) is 18.9 Å². The Morgan fingerprint density at radius 1 is 1.33 bits per heavy atom. The number of carboxylic acids is 1. The van der Waals surface area contributed by atoms with Crippen molar-refractivity contribution in [3.05, 3.63) is 29.8 Å². The van der Waals surface area contributed by atoms with Crippen molar-refractivity contribution in [3.63, 3.8) is 0 Å². The van der Waals surface area contributed by atoms with Crippen LogP contribution >= 0.6 is 0 Å². The molecule has 0 radical (unpaired) electrons. The molecule has 3 amide bonds. The zero-order chi connectivity index (χ0) is 17.7. The van der Waals surface area contributed by atoms with Gasteiger partial charge < -0.3 is 20.2 Å². The summed E-state index contributed by atoms with van der Waals surface area (Å²) in [7, 11) is 1.51. The van der Waals surface area contributed by atoms with Crippen LogP contribution in [0.1, 0.15) is 18.9 Å². The number of hydrogen-bond donors (Lipinski definition) is 2. The highest BCUT2D eigenvalue weighted by Gasteiger charge is 2.23. The number of aryl methyl sites for hydroxylation is 1. The lowest BCUT2D eigenvalue weighted by Crippen LogP contribution is -2.46. The molecule has 2 rings (SSSR count). The molecule has 1 atom stereocenters. The van der Waals surface area contributed by atoms with Crippen molar-refractivity contribution in [3.8, 4) is 0 Å². The number of amides is 3. The maximum absolute atomic E-state index is 12.4. The largest absolute Gasteiger partial charge is 0.481 e. The van der Waals surface area contributed by atoms with Gasteiger partial charge in [0, 0.05) is 25.8 Å². The standard InChI is InChI=1S/C17H23N3O4/c1-12(16(22)23)11-19(2)17(24)18-10-15(21)20-9-5-7-13-6-3-4-8-14(13)20/h3-4,6,8,12H,5,7,9-11H2,1-2H3,(H,18,24)(H,22,23). The SMILES string of the molecule is CC(CN(C)C(=O)NCC(=O)N1CCCc2ccccc21)C(=O)O. The molecule has 24 heavy (non-hydrogen) atoms. The van der Waals surface area contributed by atoms with Crippen molar-refractivity contribution in [1.82, 2.24) is 10.2 Å². The molecule has 1 aliphatic rings. The average Bonchev–Trinajstić information content (AvgIpc) is 2.58. The van der Waals surface area contributed by atoms with Crippen molar-refractivity contribution >= 4 is 23.6 Å². The minimum absolute atomic E-state index is 0.0852. The van der Waals surface area contributed by atoms with Gasteiger partial charge in [-0.1, -0.05) is 25.1 Å². The van der Waals surface area contributed by atoms with E-state index < -0.39 is 17.9 Å². The molecule has 1 aromatic rings. The van der Waals surface area contributed by atoms with Crippen LogP contribution in [-0.4, -0.2) is 54.6 Å². The van der Waals surface area contributed by atoms with Gasteiger partial charge in [-0.3, -0.25) is 9.59 Å². The Kier molecular flexibility index (Phi) is 5.78. The maximum Gasteiger partial charge on any atom is 0.317 e. The lowest BCUT2D eigenvalue weighted by atomic mass is 10.0. The summed E-state index contributed by atoms with van der Waals surface area (Å²) in [6, 6.07) is 7.31. The topological polar surface area (TPSA) is 90.0 Å². The Morgan fingerprint density at radius 3 is 2.75 bits per heavy atom. The molecule has 1 unspecified atom stereocenters. The molecule has 0 spiro atoms. The summed E-state index contributed by atoms with van der Waals surface area (Å²) in [6.07, 6.45) is 1.84. The number of para-hydroxylation sites is 1. The summed E-state index contributed by atoms with van der Waals surface area (Å²) in [5, 5.41) is 11.4. The number of nitrogens with one attached hydrogen (secondary N) is 1. The third kappa shape index (κ3) is 4.24. The lowest BCUT2D eigenvalue weighted by molar-refractivity contribution is -0.141. The number of carboxylic acid groups (broad SMARTS) is 1. The number of carbonyl (C=O) groups is 3. The van der Waals surface area contributed by atoms with E-state index in [-0.39, 0.29) is 19.0 Å². The van der Waals surface area contributed by atoms with Crippen LogP contribution in [0.25, 0.3) is 0 Å². The highest BCUT2D eigenvalue weighted by Crippen LogP contribution is 2.26. The maximum atomic E-state index is 12.4. The van der Waals surface area contributed by atoms with E-state index in [9.17, 15) is 14.4 Å². The van der Waals surface area contributed by atoms with Gasteiger partial charge in [-0.2, -0.15) is 0 Å². The van der Waals surface area contributed by atoms with E-state index in [1.807, 2.05) is 24.3 Å². The number of urea groups is 1. The number of rotatable bonds is 5. The first-order chi connectivity index (χ1) is 11.4. The predicted molar refractivity (Wildman–Crippen MR) is 89.9 cm³/mol. The van der Waals surface area contributed by atoms with E-state index in [0.29, 0.717) is 6.54 Å². The van der Waals surface area contributed by atoms with E-state index in [4.69, 9.17) is 5.11 Å². The zero-order valence-corrected chi connectivity index (χ0v) is 14.0. The molecule has 0 fully saturated rings. The Labute approximate surface area is 141 Å². The number of fused-ring (bicyclic) bond motifs is 1. The van der Waals surface area contributed by atoms with E-state index in [0.717, 1.165) is 24.1 Å². The molecule has 7 heteroatoms. The van der Waals surface area contributed by atoms with E-state index in [1.54, 1.807) is 4.90 Å². The van der Waals surface area contributed by atoms with Crippen LogP contribution < -0.4 is 10.2 Å². The van der Waals surface area contributed by atoms with Gasteiger partial charge in [0.05, 0.1) is 12.5 Å². The van der Waals surface area contributed by atoms with Crippen LogP contribution in [0.3, 0.4) is 0 Å². The highest BCUT2D eigenvalue weighted by atomic mass is 16.4. The molecule has 1 aliphatic heterocycles. The van der Waals surface area contributed by atoms with Gasteiger partial charge in [0.1, 0.15) is 0 Å². The Bertz CT molecular complexity index is 632. The summed E-state index contributed by atoms with van der Waals surface area (Å²) >= 11 is 0. The van der Waals surface area contributed by atoms with Crippen molar-refractivity contribution < 1.29 is 19.5 Å². The van der Waals surface area contributed by atoms with Crippen LogP contribution in [-0.2, 0) is 16.0 Å². The molecule has 7 nitrogen and oxygen atoms in total. The third-order valence-corrected chi connectivity index (χ3v) is 4.12. The molecule has 0 saturated heterocycles. The number of hydrogen-bond acceptors (Lipinski definition) is 3. The Hall–Kier alpha value is -2.57. The molecular weight excluding hydrogens is 310 g/mol. The fourth-order valence-corrected chi connectivity index (χ4v) is 2.75.